The fourth-order valence-electron chi connectivity index (χ4n) is 3.99. The number of carbonyl (C=O) groups is 3. The number of ether oxygens (including phenoxy) is 1. The number of nitrogens with zero attached hydrogens (tertiary/aromatic N) is 4. The standard InChI is InChI=1S/C20H30N4O4/c1-15-12-17(16(2)24(15)10-11-28-3)20(27)23-9-8-22(19(26)14-23)13-18(25)21-6-4-5-7-21/h12H,4-11,13-14H2,1-3H3. The molecule has 2 fully saturated rings. The molecule has 0 N–H and O–H groups in total. The molecule has 1 aromatic heterocycles. The van der Waals surface area contributed by atoms with Crippen LogP contribution in [0, 0.1) is 13.8 Å². The van der Waals surface area contributed by atoms with Crippen molar-refractivity contribution < 1.29 is 19.1 Å². The highest BCUT2D eigenvalue weighted by atomic mass is 16.5. The first kappa shape index (κ1) is 20.4. The lowest BCUT2D eigenvalue weighted by atomic mass is 10.2. The average Bonchev–Trinajstić information content (AvgIpc) is 3.30. The molecule has 154 valence electrons. The summed E-state index contributed by atoms with van der Waals surface area (Å²) in [5, 5.41) is 0. The van der Waals surface area contributed by atoms with Gasteiger partial charge in [-0.15, -0.1) is 0 Å². The molecule has 28 heavy (non-hydrogen) atoms. The first-order valence-corrected chi connectivity index (χ1v) is 9.93. The lowest BCUT2D eigenvalue weighted by Gasteiger charge is -2.34. The quantitative estimate of drug-likeness (QED) is 0.715. The normalized spacial score (nSPS) is 17.5. The van der Waals surface area contributed by atoms with E-state index in [-0.39, 0.29) is 30.8 Å². The number of hydrogen-bond acceptors (Lipinski definition) is 4. The van der Waals surface area contributed by atoms with Crippen LogP contribution in [0.2, 0.25) is 0 Å². The van der Waals surface area contributed by atoms with Crippen LogP contribution < -0.4 is 0 Å². The van der Waals surface area contributed by atoms with Gasteiger partial charge in [0.05, 0.1) is 18.7 Å². The van der Waals surface area contributed by atoms with Crippen molar-refractivity contribution in [3.8, 4) is 0 Å². The first-order chi connectivity index (χ1) is 13.4. The van der Waals surface area contributed by atoms with Crippen molar-refractivity contribution >= 4 is 17.7 Å². The summed E-state index contributed by atoms with van der Waals surface area (Å²) in [5.41, 5.74) is 2.51. The van der Waals surface area contributed by atoms with Gasteiger partial charge in [0, 0.05) is 51.2 Å². The molecule has 3 heterocycles. The predicted octanol–water partition coefficient (Wildman–Crippen LogP) is 0.658. The maximum atomic E-state index is 13.0. The molecule has 1 aromatic rings. The SMILES string of the molecule is COCCn1c(C)cc(C(=O)N2CCN(CC(=O)N3CCCC3)C(=O)C2)c1C. The fourth-order valence-corrected chi connectivity index (χ4v) is 3.99. The van der Waals surface area contributed by atoms with Gasteiger partial charge in [-0.3, -0.25) is 14.4 Å². The lowest BCUT2D eigenvalue weighted by Crippen LogP contribution is -2.54. The highest BCUT2D eigenvalue weighted by molar-refractivity contribution is 5.98. The molecule has 0 spiro atoms. The summed E-state index contributed by atoms with van der Waals surface area (Å²) in [7, 11) is 1.65. The lowest BCUT2D eigenvalue weighted by molar-refractivity contribution is -0.142. The van der Waals surface area contributed by atoms with Crippen molar-refractivity contribution in [2.24, 2.45) is 0 Å². The largest absolute Gasteiger partial charge is 0.383 e. The Bertz CT molecular complexity index is 752. The fraction of sp³-hybridized carbons (Fsp3) is 0.650. The predicted molar refractivity (Wildman–Crippen MR) is 104 cm³/mol. The molecular weight excluding hydrogens is 360 g/mol. The molecule has 0 radical (unpaired) electrons. The Labute approximate surface area is 166 Å². The molecule has 3 rings (SSSR count). The van der Waals surface area contributed by atoms with Crippen molar-refractivity contribution in [1.82, 2.24) is 19.3 Å². The molecule has 0 saturated carbocycles. The number of likely N-dealkylation sites (tertiary alicyclic amines) is 1. The Morgan fingerprint density at radius 2 is 1.79 bits per heavy atom. The Balaban J connectivity index is 1.61. The molecule has 0 bridgehead atoms. The second-order valence-electron chi connectivity index (χ2n) is 7.56. The number of piperazine rings is 1. The molecule has 3 amide bonds. The second kappa shape index (κ2) is 8.77. The topological polar surface area (TPSA) is 75.1 Å². The van der Waals surface area contributed by atoms with E-state index in [1.807, 2.05) is 24.8 Å². The van der Waals surface area contributed by atoms with Gasteiger partial charge in [-0.05, 0) is 32.8 Å². The molecule has 2 saturated heterocycles. The number of methoxy groups -OCH3 is 1. The van der Waals surface area contributed by atoms with Crippen LogP contribution in [-0.4, -0.2) is 90.0 Å². The molecule has 2 aliphatic rings. The number of aryl methyl sites for hydroxylation is 1. The van der Waals surface area contributed by atoms with Crippen molar-refractivity contribution in [3.05, 3.63) is 23.0 Å². The zero-order chi connectivity index (χ0) is 20.3. The molecule has 0 unspecified atom stereocenters. The Morgan fingerprint density at radius 3 is 2.43 bits per heavy atom. The molecule has 2 aliphatic heterocycles. The van der Waals surface area contributed by atoms with E-state index < -0.39 is 0 Å². The minimum Gasteiger partial charge on any atom is -0.383 e. The summed E-state index contributed by atoms with van der Waals surface area (Å²) in [6, 6.07) is 1.88. The van der Waals surface area contributed by atoms with Gasteiger partial charge in [-0.2, -0.15) is 0 Å². The van der Waals surface area contributed by atoms with E-state index >= 15 is 0 Å². The maximum Gasteiger partial charge on any atom is 0.256 e. The highest BCUT2D eigenvalue weighted by Gasteiger charge is 2.31. The Hall–Kier alpha value is -2.35. The van der Waals surface area contributed by atoms with E-state index in [4.69, 9.17) is 4.74 Å². The van der Waals surface area contributed by atoms with Crippen molar-refractivity contribution in [2.45, 2.75) is 33.2 Å². The third-order valence-corrected chi connectivity index (χ3v) is 5.71. The molecular formula is C20H30N4O4. The third kappa shape index (κ3) is 4.22. The van der Waals surface area contributed by atoms with E-state index in [9.17, 15) is 14.4 Å². The van der Waals surface area contributed by atoms with Gasteiger partial charge in [-0.25, -0.2) is 0 Å². The highest BCUT2D eigenvalue weighted by Crippen LogP contribution is 2.19. The van der Waals surface area contributed by atoms with Crippen LogP contribution in [0.1, 0.15) is 34.6 Å². The summed E-state index contributed by atoms with van der Waals surface area (Å²) in [5.74, 6) is -0.289. The molecule has 8 heteroatoms. The summed E-state index contributed by atoms with van der Waals surface area (Å²) in [6.07, 6.45) is 2.07. The van der Waals surface area contributed by atoms with Gasteiger partial charge in [-0.1, -0.05) is 0 Å². The van der Waals surface area contributed by atoms with Crippen LogP contribution in [-0.2, 0) is 20.9 Å². The van der Waals surface area contributed by atoms with Gasteiger partial charge < -0.3 is 24.0 Å². The van der Waals surface area contributed by atoms with Crippen LogP contribution in [0.3, 0.4) is 0 Å². The third-order valence-electron chi connectivity index (χ3n) is 5.71. The molecule has 8 nitrogen and oxygen atoms in total. The van der Waals surface area contributed by atoms with E-state index in [2.05, 4.69) is 4.57 Å². The van der Waals surface area contributed by atoms with Gasteiger partial charge in [0.15, 0.2) is 0 Å². The van der Waals surface area contributed by atoms with E-state index in [0.717, 1.165) is 37.3 Å². The van der Waals surface area contributed by atoms with E-state index in [1.165, 1.54) is 0 Å². The zero-order valence-corrected chi connectivity index (χ0v) is 17.1. The van der Waals surface area contributed by atoms with Gasteiger partial charge >= 0.3 is 0 Å². The average molecular weight is 390 g/mol. The number of rotatable bonds is 6. The Kier molecular flexibility index (Phi) is 6.39. The van der Waals surface area contributed by atoms with Crippen LogP contribution >= 0.6 is 0 Å². The van der Waals surface area contributed by atoms with Crippen LogP contribution in [0.5, 0.6) is 0 Å². The monoisotopic (exact) mass is 390 g/mol. The van der Waals surface area contributed by atoms with Crippen LogP contribution in [0.25, 0.3) is 0 Å². The van der Waals surface area contributed by atoms with Crippen molar-refractivity contribution in [2.75, 3.05) is 53.0 Å². The van der Waals surface area contributed by atoms with Crippen molar-refractivity contribution in [1.29, 1.82) is 0 Å². The second-order valence-corrected chi connectivity index (χ2v) is 7.56. The minimum absolute atomic E-state index is 0.00677. The summed E-state index contributed by atoms with van der Waals surface area (Å²) >= 11 is 0. The van der Waals surface area contributed by atoms with Crippen molar-refractivity contribution in [3.63, 3.8) is 0 Å². The van der Waals surface area contributed by atoms with E-state index in [0.29, 0.717) is 31.8 Å². The van der Waals surface area contributed by atoms with Crippen LogP contribution in [0.4, 0.5) is 0 Å². The summed E-state index contributed by atoms with van der Waals surface area (Å²) in [6.45, 7) is 7.69. The van der Waals surface area contributed by atoms with E-state index in [1.54, 1.807) is 16.9 Å². The molecule has 0 aliphatic carbocycles. The van der Waals surface area contributed by atoms with Gasteiger partial charge in [0.1, 0.15) is 6.54 Å². The summed E-state index contributed by atoms with van der Waals surface area (Å²) < 4.78 is 7.20. The molecule has 0 atom stereocenters. The number of hydrogen-bond donors (Lipinski definition) is 0. The first-order valence-electron chi connectivity index (χ1n) is 9.93. The smallest absolute Gasteiger partial charge is 0.256 e. The van der Waals surface area contributed by atoms with Crippen LogP contribution in [0.15, 0.2) is 6.07 Å². The zero-order valence-electron chi connectivity index (χ0n) is 17.1. The van der Waals surface area contributed by atoms with Gasteiger partial charge in [0.25, 0.3) is 5.91 Å². The molecule has 0 aromatic carbocycles. The van der Waals surface area contributed by atoms with Gasteiger partial charge in [0.2, 0.25) is 11.8 Å². The minimum atomic E-state index is -0.166. The number of aromatic nitrogens is 1. The maximum absolute atomic E-state index is 13.0. The number of carbonyl (C=O) groups excluding carboxylic acids is 3. The summed E-state index contributed by atoms with van der Waals surface area (Å²) in [4.78, 5) is 42.8. The number of amides is 3. The Morgan fingerprint density at radius 1 is 1.07 bits per heavy atom.